The number of likely N-dealkylation sites (N-methyl/N-ethyl adjacent to an activating group) is 1. The van der Waals surface area contributed by atoms with E-state index in [2.05, 4.69) is 48.8 Å². The number of hydrogen-bond acceptors (Lipinski definition) is 2. The predicted molar refractivity (Wildman–Crippen MR) is 66.2 cm³/mol. The van der Waals surface area contributed by atoms with Crippen molar-refractivity contribution >= 4 is 0 Å². The van der Waals surface area contributed by atoms with Crippen molar-refractivity contribution in [3.05, 3.63) is 18.0 Å². The van der Waals surface area contributed by atoms with Crippen LogP contribution >= 0.6 is 0 Å². The van der Waals surface area contributed by atoms with E-state index in [4.69, 9.17) is 0 Å². The second-order valence-electron chi connectivity index (χ2n) is 3.82. The highest BCUT2D eigenvalue weighted by molar-refractivity contribution is 5.00. The number of nitrogens with zero attached hydrogens (tertiary/aromatic N) is 3. The molecule has 0 aliphatic heterocycles. The van der Waals surface area contributed by atoms with Crippen molar-refractivity contribution in [1.82, 2.24) is 14.7 Å². The predicted octanol–water partition coefficient (Wildman–Crippen LogP) is 2.73. The van der Waals surface area contributed by atoms with Gasteiger partial charge in [-0.05, 0) is 33.0 Å². The lowest BCUT2D eigenvalue weighted by Crippen LogP contribution is -2.24. The Morgan fingerprint density at radius 1 is 1.40 bits per heavy atom. The summed E-state index contributed by atoms with van der Waals surface area (Å²) in [7, 11) is 4.19. The van der Waals surface area contributed by atoms with Gasteiger partial charge < -0.3 is 4.90 Å². The molecular weight excluding hydrogens is 186 g/mol. The molecule has 1 unspecified atom stereocenters. The van der Waals surface area contributed by atoms with Crippen molar-refractivity contribution in [2.75, 3.05) is 20.6 Å². The molecule has 3 heteroatoms. The monoisotopic (exact) mass is 211 g/mol. The molecule has 0 bridgehead atoms. The van der Waals surface area contributed by atoms with E-state index in [1.807, 2.05) is 20.0 Å². The van der Waals surface area contributed by atoms with Gasteiger partial charge >= 0.3 is 0 Å². The lowest BCUT2D eigenvalue weighted by atomic mass is 10.2. The molecule has 0 amide bonds. The molecule has 0 spiro atoms. The summed E-state index contributed by atoms with van der Waals surface area (Å²) in [5.74, 6) is 0. The minimum absolute atomic E-state index is 0.503. The van der Waals surface area contributed by atoms with Gasteiger partial charge in [-0.1, -0.05) is 20.8 Å². The Bertz CT molecular complexity index is 253. The van der Waals surface area contributed by atoms with E-state index in [0.29, 0.717) is 6.04 Å². The van der Waals surface area contributed by atoms with Crippen molar-refractivity contribution in [3.8, 4) is 0 Å². The molecule has 0 aromatic carbocycles. The molecule has 0 radical (unpaired) electrons. The van der Waals surface area contributed by atoms with Gasteiger partial charge in [0.05, 0.1) is 12.2 Å². The van der Waals surface area contributed by atoms with Gasteiger partial charge in [-0.25, -0.2) is 0 Å². The maximum Gasteiger partial charge on any atom is 0.0643 e. The summed E-state index contributed by atoms with van der Waals surface area (Å²) >= 11 is 0. The van der Waals surface area contributed by atoms with E-state index in [9.17, 15) is 0 Å². The van der Waals surface area contributed by atoms with Gasteiger partial charge in [0, 0.05) is 12.7 Å². The third-order valence-electron chi connectivity index (χ3n) is 2.15. The lowest BCUT2D eigenvalue weighted by Gasteiger charge is -2.19. The largest absolute Gasteiger partial charge is 0.307 e. The Kier molecular flexibility index (Phi) is 7.05. The minimum Gasteiger partial charge on any atom is -0.307 e. The summed E-state index contributed by atoms with van der Waals surface area (Å²) in [6.45, 7) is 9.33. The van der Waals surface area contributed by atoms with Gasteiger partial charge in [0.15, 0.2) is 0 Å². The summed E-state index contributed by atoms with van der Waals surface area (Å²) < 4.78 is 2.06. The molecule has 88 valence electrons. The number of aromatic nitrogens is 2. The fourth-order valence-electron chi connectivity index (χ4n) is 1.45. The van der Waals surface area contributed by atoms with Gasteiger partial charge in [-0.15, -0.1) is 0 Å². The van der Waals surface area contributed by atoms with Gasteiger partial charge in [0.1, 0.15) is 0 Å². The maximum absolute atomic E-state index is 4.33. The van der Waals surface area contributed by atoms with Gasteiger partial charge in [0.2, 0.25) is 0 Å². The lowest BCUT2D eigenvalue weighted by molar-refractivity contribution is 0.300. The van der Waals surface area contributed by atoms with Crippen LogP contribution in [0.5, 0.6) is 0 Å². The summed E-state index contributed by atoms with van der Waals surface area (Å²) in [5, 5.41) is 4.33. The van der Waals surface area contributed by atoms with Crippen LogP contribution in [0.4, 0.5) is 0 Å². The van der Waals surface area contributed by atoms with Gasteiger partial charge in [-0.3, -0.25) is 4.68 Å². The second-order valence-corrected chi connectivity index (χ2v) is 3.82. The topological polar surface area (TPSA) is 21.1 Å². The fourth-order valence-corrected chi connectivity index (χ4v) is 1.45. The minimum atomic E-state index is 0.503. The standard InChI is InChI=1S/C10H19N3.C2H6/c1-5-10(8-12(3)4)13-7-9(2)6-11-13;1-2/h6-7,10H,5,8H2,1-4H3;1-2H3. The van der Waals surface area contributed by atoms with E-state index in [1.165, 1.54) is 5.56 Å². The van der Waals surface area contributed by atoms with Crippen molar-refractivity contribution in [1.29, 1.82) is 0 Å². The van der Waals surface area contributed by atoms with Crippen LogP contribution in [0.25, 0.3) is 0 Å². The first-order valence-electron chi connectivity index (χ1n) is 5.79. The SMILES string of the molecule is CC.CCC(CN(C)C)n1cc(C)cn1. The second kappa shape index (κ2) is 7.46. The Morgan fingerprint density at radius 3 is 2.33 bits per heavy atom. The van der Waals surface area contributed by atoms with E-state index < -0.39 is 0 Å². The van der Waals surface area contributed by atoms with Crippen molar-refractivity contribution in [2.45, 2.75) is 40.2 Å². The summed E-state index contributed by atoms with van der Waals surface area (Å²) in [6.07, 6.45) is 5.15. The highest BCUT2D eigenvalue weighted by atomic mass is 15.3. The zero-order valence-electron chi connectivity index (χ0n) is 11.0. The molecule has 1 rings (SSSR count). The van der Waals surface area contributed by atoms with Crippen molar-refractivity contribution in [2.24, 2.45) is 0 Å². The molecular formula is C12H25N3. The van der Waals surface area contributed by atoms with Crippen LogP contribution in [-0.2, 0) is 0 Å². The molecule has 1 aromatic rings. The number of hydrogen-bond donors (Lipinski definition) is 0. The van der Waals surface area contributed by atoms with E-state index in [-0.39, 0.29) is 0 Å². The molecule has 1 atom stereocenters. The quantitative estimate of drug-likeness (QED) is 0.763. The molecule has 1 aromatic heterocycles. The molecule has 0 saturated heterocycles. The number of aryl methyl sites for hydroxylation is 1. The van der Waals surface area contributed by atoms with Crippen LogP contribution in [0.2, 0.25) is 0 Å². The van der Waals surface area contributed by atoms with Crippen molar-refractivity contribution in [3.63, 3.8) is 0 Å². The normalized spacial score (nSPS) is 12.2. The summed E-state index contributed by atoms with van der Waals surface area (Å²) in [4.78, 5) is 2.20. The first-order valence-corrected chi connectivity index (χ1v) is 5.79. The maximum atomic E-state index is 4.33. The van der Waals surface area contributed by atoms with Crippen LogP contribution in [0, 0.1) is 6.92 Å². The highest BCUT2D eigenvalue weighted by Crippen LogP contribution is 2.11. The zero-order chi connectivity index (χ0) is 11.8. The Morgan fingerprint density at radius 2 is 2.00 bits per heavy atom. The third-order valence-corrected chi connectivity index (χ3v) is 2.15. The molecule has 0 saturated carbocycles. The average Bonchev–Trinajstić information content (AvgIpc) is 2.64. The first kappa shape index (κ1) is 14.2. The van der Waals surface area contributed by atoms with Crippen molar-refractivity contribution < 1.29 is 0 Å². The van der Waals surface area contributed by atoms with Crippen LogP contribution in [0.3, 0.4) is 0 Å². The van der Waals surface area contributed by atoms with Crippen LogP contribution in [-0.4, -0.2) is 35.3 Å². The molecule has 3 nitrogen and oxygen atoms in total. The van der Waals surface area contributed by atoms with Gasteiger partial charge in [-0.2, -0.15) is 5.10 Å². The molecule has 0 aliphatic carbocycles. The summed E-state index contributed by atoms with van der Waals surface area (Å²) in [5.41, 5.74) is 1.23. The van der Waals surface area contributed by atoms with E-state index >= 15 is 0 Å². The smallest absolute Gasteiger partial charge is 0.0643 e. The molecule has 0 fully saturated rings. The Hall–Kier alpha value is -0.830. The molecule has 1 heterocycles. The van der Waals surface area contributed by atoms with Crippen LogP contribution < -0.4 is 0 Å². The van der Waals surface area contributed by atoms with Gasteiger partial charge in [0.25, 0.3) is 0 Å². The summed E-state index contributed by atoms with van der Waals surface area (Å²) in [6, 6.07) is 0.503. The van der Waals surface area contributed by atoms with E-state index in [0.717, 1.165) is 13.0 Å². The first-order chi connectivity index (χ1) is 7.13. The van der Waals surface area contributed by atoms with Crippen LogP contribution in [0.15, 0.2) is 12.4 Å². The number of rotatable bonds is 4. The third kappa shape index (κ3) is 4.98. The Labute approximate surface area is 94.1 Å². The molecule has 0 N–H and O–H groups in total. The van der Waals surface area contributed by atoms with Crippen LogP contribution in [0.1, 0.15) is 38.8 Å². The highest BCUT2D eigenvalue weighted by Gasteiger charge is 2.09. The molecule has 0 aliphatic rings. The zero-order valence-corrected chi connectivity index (χ0v) is 11.0. The van der Waals surface area contributed by atoms with E-state index in [1.54, 1.807) is 0 Å². The Balaban J connectivity index is 0.000000921. The average molecular weight is 211 g/mol. The fraction of sp³-hybridized carbons (Fsp3) is 0.750. The molecule has 15 heavy (non-hydrogen) atoms.